The standard InChI is InChI=1S/C10H21N/c1-4-10(2,3)6-9-11-7-5-8-11/h4-9H2,1-3H3. The van der Waals surface area contributed by atoms with Gasteiger partial charge in [-0.25, -0.2) is 0 Å². The van der Waals surface area contributed by atoms with Gasteiger partial charge in [0, 0.05) is 0 Å². The molecule has 66 valence electrons. The van der Waals surface area contributed by atoms with Crippen LogP contribution in [0.4, 0.5) is 0 Å². The van der Waals surface area contributed by atoms with Crippen molar-refractivity contribution in [3.05, 3.63) is 0 Å². The number of rotatable bonds is 4. The Hall–Kier alpha value is -0.0400. The first-order valence-electron chi connectivity index (χ1n) is 4.86. The molecule has 0 atom stereocenters. The van der Waals surface area contributed by atoms with Crippen LogP contribution >= 0.6 is 0 Å². The molecule has 1 fully saturated rings. The normalized spacial score (nSPS) is 19.9. The van der Waals surface area contributed by atoms with E-state index in [1.165, 1.54) is 38.9 Å². The summed E-state index contributed by atoms with van der Waals surface area (Å²) in [4.78, 5) is 2.55. The van der Waals surface area contributed by atoms with E-state index >= 15 is 0 Å². The van der Waals surface area contributed by atoms with Crippen molar-refractivity contribution in [3.63, 3.8) is 0 Å². The number of likely N-dealkylation sites (tertiary alicyclic amines) is 1. The first kappa shape index (κ1) is 9.05. The van der Waals surface area contributed by atoms with E-state index in [1.54, 1.807) is 0 Å². The van der Waals surface area contributed by atoms with Gasteiger partial charge in [-0.1, -0.05) is 27.2 Å². The molecule has 1 rings (SSSR count). The smallest absolute Gasteiger partial charge is 0.000653 e. The number of hydrogen-bond donors (Lipinski definition) is 0. The van der Waals surface area contributed by atoms with Crippen molar-refractivity contribution in [3.8, 4) is 0 Å². The van der Waals surface area contributed by atoms with Gasteiger partial charge in [-0.15, -0.1) is 0 Å². The molecule has 0 aliphatic carbocycles. The quantitative estimate of drug-likeness (QED) is 0.603. The van der Waals surface area contributed by atoms with Crippen LogP contribution in [0.1, 0.15) is 40.0 Å². The zero-order chi connectivity index (χ0) is 8.32. The van der Waals surface area contributed by atoms with E-state index in [1.807, 2.05) is 0 Å². The summed E-state index contributed by atoms with van der Waals surface area (Å²) in [6.07, 6.45) is 4.09. The zero-order valence-corrected chi connectivity index (χ0v) is 8.19. The van der Waals surface area contributed by atoms with Gasteiger partial charge in [0.25, 0.3) is 0 Å². The lowest BCUT2D eigenvalue weighted by Gasteiger charge is -2.34. The molecule has 11 heavy (non-hydrogen) atoms. The number of nitrogens with zero attached hydrogens (tertiary/aromatic N) is 1. The Balaban J connectivity index is 2.09. The van der Waals surface area contributed by atoms with Crippen molar-refractivity contribution in [1.82, 2.24) is 4.90 Å². The predicted molar refractivity (Wildman–Crippen MR) is 49.7 cm³/mol. The molecule has 0 radical (unpaired) electrons. The molecular weight excluding hydrogens is 134 g/mol. The molecule has 1 heterocycles. The Kier molecular flexibility index (Phi) is 2.94. The summed E-state index contributed by atoms with van der Waals surface area (Å²) >= 11 is 0. The molecule has 0 aromatic carbocycles. The molecule has 1 heteroatoms. The van der Waals surface area contributed by atoms with Crippen LogP contribution in [0.15, 0.2) is 0 Å². The fourth-order valence-corrected chi connectivity index (χ4v) is 1.24. The highest BCUT2D eigenvalue weighted by Crippen LogP contribution is 2.25. The van der Waals surface area contributed by atoms with Crippen LogP contribution in [-0.2, 0) is 0 Å². The Labute approximate surface area is 70.8 Å². The lowest BCUT2D eigenvalue weighted by molar-refractivity contribution is 0.150. The largest absolute Gasteiger partial charge is 0.303 e. The molecule has 0 spiro atoms. The third-order valence-corrected chi connectivity index (χ3v) is 3.01. The van der Waals surface area contributed by atoms with Crippen LogP contribution in [0.5, 0.6) is 0 Å². The van der Waals surface area contributed by atoms with E-state index in [-0.39, 0.29) is 0 Å². The highest BCUT2D eigenvalue weighted by Gasteiger charge is 2.19. The van der Waals surface area contributed by atoms with E-state index < -0.39 is 0 Å². The van der Waals surface area contributed by atoms with E-state index in [4.69, 9.17) is 0 Å². The van der Waals surface area contributed by atoms with Gasteiger partial charge in [0.1, 0.15) is 0 Å². The van der Waals surface area contributed by atoms with Gasteiger partial charge in [-0.2, -0.15) is 0 Å². The average molecular weight is 155 g/mol. The highest BCUT2D eigenvalue weighted by molar-refractivity contribution is 4.73. The molecular formula is C10H21N. The molecule has 0 amide bonds. The first-order valence-corrected chi connectivity index (χ1v) is 4.86. The molecule has 0 bridgehead atoms. The van der Waals surface area contributed by atoms with E-state index in [9.17, 15) is 0 Å². The van der Waals surface area contributed by atoms with Crippen molar-refractivity contribution in [2.45, 2.75) is 40.0 Å². The summed E-state index contributed by atoms with van der Waals surface area (Å²) in [5, 5.41) is 0. The topological polar surface area (TPSA) is 3.24 Å². The second kappa shape index (κ2) is 3.57. The predicted octanol–water partition coefficient (Wildman–Crippen LogP) is 2.52. The van der Waals surface area contributed by atoms with E-state index in [2.05, 4.69) is 25.7 Å². The van der Waals surface area contributed by atoms with Crippen molar-refractivity contribution in [2.24, 2.45) is 5.41 Å². The van der Waals surface area contributed by atoms with Crippen molar-refractivity contribution in [1.29, 1.82) is 0 Å². The van der Waals surface area contributed by atoms with Gasteiger partial charge in [0.15, 0.2) is 0 Å². The minimum absolute atomic E-state index is 0.565. The summed E-state index contributed by atoms with van der Waals surface area (Å²) in [6.45, 7) is 11.0. The highest BCUT2D eigenvalue weighted by atomic mass is 15.2. The number of hydrogen-bond acceptors (Lipinski definition) is 1. The zero-order valence-electron chi connectivity index (χ0n) is 8.19. The SMILES string of the molecule is CCC(C)(C)CCN1CCC1. The fraction of sp³-hybridized carbons (Fsp3) is 1.00. The fourth-order valence-electron chi connectivity index (χ4n) is 1.24. The van der Waals surface area contributed by atoms with Crippen LogP contribution in [-0.4, -0.2) is 24.5 Å². The Morgan fingerprint density at radius 1 is 1.27 bits per heavy atom. The first-order chi connectivity index (χ1) is 5.14. The van der Waals surface area contributed by atoms with Crippen molar-refractivity contribution >= 4 is 0 Å². The molecule has 1 aliphatic rings. The van der Waals surface area contributed by atoms with Gasteiger partial charge in [0.2, 0.25) is 0 Å². The molecule has 0 aromatic rings. The minimum Gasteiger partial charge on any atom is -0.303 e. The Bertz CT molecular complexity index is 114. The molecule has 1 nitrogen and oxygen atoms in total. The van der Waals surface area contributed by atoms with Crippen LogP contribution in [0, 0.1) is 5.41 Å². The maximum atomic E-state index is 2.55. The van der Waals surface area contributed by atoms with Gasteiger partial charge >= 0.3 is 0 Å². The molecule has 0 saturated carbocycles. The third kappa shape index (κ3) is 2.82. The summed E-state index contributed by atoms with van der Waals surface area (Å²) in [5.41, 5.74) is 0.565. The average Bonchev–Trinajstić information content (AvgIpc) is 1.84. The maximum Gasteiger partial charge on any atom is -0.000653 e. The van der Waals surface area contributed by atoms with Crippen LogP contribution in [0.25, 0.3) is 0 Å². The lowest BCUT2D eigenvalue weighted by atomic mass is 9.86. The van der Waals surface area contributed by atoms with Crippen LogP contribution in [0.3, 0.4) is 0 Å². The van der Waals surface area contributed by atoms with Gasteiger partial charge in [-0.05, 0) is 37.9 Å². The van der Waals surface area contributed by atoms with Gasteiger partial charge < -0.3 is 4.90 Å². The molecule has 1 aliphatic heterocycles. The Morgan fingerprint density at radius 2 is 1.91 bits per heavy atom. The summed E-state index contributed by atoms with van der Waals surface area (Å²) in [6, 6.07) is 0. The summed E-state index contributed by atoms with van der Waals surface area (Å²) in [7, 11) is 0. The van der Waals surface area contributed by atoms with Gasteiger partial charge in [-0.3, -0.25) is 0 Å². The molecule has 0 aromatic heterocycles. The summed E-state index contributed by atoms with van der Waals surface area (Å²) in [5.74, 6) is 0. The van der Waals surface area contributed by atoms with Crippen LogP contribution in [0.2, 0.25) is 0 Å². The molecule has 0 N–H and O–H groups in total. The molecule has 0 unspecified atom stereocenters. The van der Waals surface area contributed by atoms with Crippen molar-refractivity contribution in [2.75, 3.05) is 19.6 Å². The van der Waals surface area contributed by atoms with E-state index in [0.29, 0.717) is 5.41 Å². The molecule has 1 saturated heterocycles. The minimum atomic E-state index is 0.565. The van der Waals surface area contributed by atoms with Crippen LogP contribution < -0.4 is 0 Å². The maximum absolute atomic E-state index is 2.55. The van der Waals surface area contributed by atoms with E-state index in [0.717, 1.165) is 0 Å². The summed E-state index contributed by atoms with van der Waals surface area (Å²) < 4.78 is 0. The third-order valence-electron chi connectivity index (χ3n) is 3.01. The monoisotopic (exact) mass is 155 g/mol. The Morgan fingerprint density at radius 3 is 2.27 bits per heavy atom. The lowest BCUT2D eigenvalue weighted by Crippen LogP contribution is -2.39. The second-order valence-electron chi connectivity index (χ2n) is 4.46. The van der Waals surface area contributed by atoms with Gasteiger partial charge in [0.05, 0.1) is 0 Å². The second-order valence-corrected chi connectivity index (χ2v) is 4.46. The van der Waals surface area contributed by atoms with Crippen molar-refractivity contribution < 1.29 is 0 Å².